The largest absolute Gasteiger partial charge is 0.488 e. The first kappa shape index (κ1) is 30.9. The van der Waals surface area contributed by atoms with Gasteiger partial charge in [-0.05, 0) is 109 Å². The van der Waals surface area contributed by atoms with Crippen LogP contribution in [0.3, 0.4) is 0 Å². The first-order valence-corrected chi connectivity index (χ1v) is 16.4. The highest BCUT2D eigenvalue weighted by Crippen LogP contribution is 2.46. The molecule has 5 rings (SSSR count). The SMILES string of the molecule is CCCC(C)(C)Oc1ccc(C2(c3ccc(Oc4ccc(-c5ccc(C(C)(C)CC)cc5)cc4)cc3)CCCCC2)cc1. The van der Waals surface area contributed by atoms with E-state index in [1.54, 1.807) is 0 Å². The molecule has 0 heterocycles. The van der Waals surface area contributed by atoms with E-state index < -0.39 is 0 Å². The quantitative estimate of drug-likeness (QED) is 0.177. The summed E-state index contributed by atoms with van der Waals surface area (Å²) in [6.45, 7) is 13.4. The van der Waals surface area contributed by atoms with Gasteiger partial charge in [-0.2, -0.15) is 0 Å². The molecule has 4 aromatic rings. The van der Waals surface area contributed by atoms with Gasteiger partial charge in [-0.25, -0.2) is 0 Å². The van der Waals surface area contributed by atoms with Crippen LogP contribution in [-0.2, 0) is 10.8 Å². The van der Waals surface area contributed by atoms with Crippen molar-refractivity contribution in [3.63, 3.8) is 0 Å². The van der Waals surface area contributed by atoms with Gasteiger partial charge in [0.05, 0.1) is 0 Å². The molecule has 2 nitrogen and oxygen atoms in total. The molecule has 0 N–H and O–H groups in total. The molecule has 1 aliphatic carbocycles. The molecular formula is C41H50O2. The van der Waals surface area contributed by atoms with Crippen LogP contribution in [0.5, 0.6) is 17.2 Å². The fraction of sp³-hybridized carbons (Fsp3) is 0.415. The topological polar surface area (TPSA) is 18.5 Å². The average molecular weight is 575 g/mol. The molecule has 0 aliphatic heterocycles. The van der Waals surface area contributed by atoms with E-state index in [9.17, 15) is 0 Å². The van der Waals surface area contributed by atoms with Crippen LogP contribution in [0.15, 0.2) is 97.1 Å². The maximum atomic E-state index is 6.33. The second kappa shape index (κ2) is 13.0. The zero-order valence-corrected chi connectivity index (χ0v) is 27.2. The summed E-state index contributed by atoms with van der Waals surface area (Å²) in [7, 11) is 0. The number of rotatable bonds is 11. The second-order valence-corrected chi connectivity index (χ2v) is 13.7. The highest BCUT2D eigenvalue weighted by molar-refractivity contribution is 5.64. The molecule has 0 radical (unpaired) electrons. The predicted molar refractivity (Wildman–Crippen MR) is 182 cm³/mol. The van der Waals surface area contributed by atoms with Crippen molar-refractivity contribution in [1.29, 1.82) is 0 Å². The highest BCUT2D eigenvalue weighted by atomic mass is 16.5. The van der Waals surface area contributed by atoms with Crippen molar-refractivity contribution in [3.8, 4) is 28.4 Å². The Labute approximate surface area is 260 Å². The minimum Gasteiger partial charge on any atom is -0.488 e. The summed E-state index contributed by atoms with van der Waals surface area (Å²) in [6, 6.07) is 35.2. The number of hydrogen-bond acceptors (Lipinski definition) is 2. The van der Waals surface area contributed by atoms with Crippen molar-refractivity contribution in [2.24, 2.45) is 0 Å². The Hall–Kier alpha value is -3.52. The summed E-state index contributed by atoms with van der Waals surface area (Å²) in [6.07, 6.45) is 9.46. The highest BCUT2D eigenvalue weighted by Gasteiger charge is 2.35. The standard InChI is InChI=1S/C41H50O2/c1-7-28-40(5,6)43-38-26-20-35(21-27-38)41(29-10-9-11-30-41)34-18-24-37(25-19-34)42-36-22-14-32(15-23-36)31-12-16-33(17-13-31)39(3,4)8-2/h12-27H,7-11,28-30H2,1-6H3. The summed E-state index contributed by atoms with van der Waals surface area (Å²) >= 11 is 0. The second-order valence-electron chi connectivity index (χ2n) is 13.7. The van der Waals surface area contributed by atoms with E-state index >= 15 is 0 Å². The maximum Gasteiger partial charge on any atom is 0.127 e. The van der Waals surface area contributed by atoms with Gasteiger partial charge in [0.15, 0.2) is 0 Å². The Balaban J connectivity index is 1.29. The fourth-order valence-corrected chi connectivity index (χ4v) is 6.72. The molecule has 1 aliphatic rings. The lowest BCUT2D eigenvalue weighted by atomic mass is 9.65. The van der Waals surface area contributed by atoms with E-state index in [0.717, 1.165) is 36.5 Å². The third-order valence-electron chi connectivity index (χ3n) is 9.74. The molecule has 0 saturated heterocycles. The summed E-state index contributed by atoms with van der Waals surface area (Å²) in [4.78, 5) is 0. The average Bonchev–Trinajstić information content (AvgIpc) is 3.02. The van der Waals surface area contributed by atoms with Crippen LogP contribution >= 0.6 is 0 Å². The first-order chi connectivity index (χ1) is 20.6. The molecule has 0 aromatic heterocycles. The Morgan fingerprint density at radius 1 is 0.581 bits per heavy atom. The van der Waals surface area contributed by atoms with Gasteiger partial charge in [0.2, 0.25) is 0 Å². The molecule has 0 spiro atoms. The fourth-order valence-electron chi connectivity index (χ4n) is 6.72. The van der Waals surface area contributed by atoms with Gasteiger partial charge in [-0.1, -0.05) is 114 Å². The number of ether oxygens (including phenoxy) is 2. The van der Waals surface area contributed by atoms with Crippen molar-refractivity contribution in [3.05, 3.63) is 114 Å². The van der Waals surface area contributed by atoms with E-state index in [1.165, 1.54) is 59.9 Å². The molecule has 0 amide bonds. The van der Waals surface area contributed by atoms with Gasteiger partial charge in [-0.15, -0.1) is 0 Å². The van der Waals surface area contributed by atoms with Crippen LogP contribution in [0.2, 0.25) is 0 Å². The van der Waals surface area contributed by atoms with Gasteiger partial charge in [0, 0.05) is 5.41 Å². The number of benzene rings is 4. The smallest absolute Gasteiger partial charge is 0.127 e. The molecular weight excluding hydrogens is 524 g/mol. The summed E-state index contributed by atoms with van der Waals surface area (Å²) in [5.74, 6) is 2.69. The zero-order chi connectivity index (χ0) is 30.5. The minimum absolute atomic E-state index is 0.0395. The molecule has 226 valence electrons. The van der Waals surface area contributed by atoms with Crippen molar-refractivity contribution in [1.82, 2.24) is 0 Å². The monoisotopic (exact) mass is 574 g/mol. The molecule has 1 fully saturated rings. The Morgan fingerprint density at radius 2 is 1.05 bits per heavy atom. The lowest BCUT2D eigenvalue weighted by Crippen LogP contribution is -2.30. The van der Waals surface area contributed by atoms with Crippen LogP contribution in [0.4, 0.5) is 0 Å². The first-order valence-electron chi connectivity index (χ1n) is 16.4. The van der Waals surface area contributed by atoms with Crippen LogP contribution in [0, 0.1) is 0 Å². The summed E-state index contributed by atoms with van der Waals surface area (Å²) in [5, 5.41) is 0. The molecule has 0 unspecified atom stereocenters. The van der Waals surface area contributed by atoms with Gasteiger partial charge >= 0.3 is 0 Å². The van der Waals surface area contributed by atoms with E-state index in [-0.39, 0.29) is 16.4 Å². The lowest BCUT2D eigenvalue weighted by Gasteiger charge is -2.39. The van der Waals surface area contributed by atoms with Crippen LogP contribution in [-0.4, -0.2) is 5.60 Å². The molecule has 0 atom stereocenters. The molecule has 43 heavy (non-hydrogen) atoms. The molecule has 2 heteroatoms. The summed E-state index contributed by atoms with van der Waals surface area (Å²) in [5.41, 5.74) is 6.68. The molecule has 1 saturated carbocycles. The maximum absolute atomic E-state index is 6.33. The zero-order valence-electron chi connectivity index (χ0n) is 27.2. The normalized spacial score (nSPS) is 15.2. The van der Waals surface area contributed by atoms with Gasteiger partial charge in [0.1, 0.15) is 22.8 Å². The van der Waals surface area contributed by atoms with Crippen LogP contribution in [0.1, 0.15) is 110 Å². The van der Waals surface area contributed by atoms with Crippen molar-refractivity contribution >= 4 is 0 Å². The molecule has 0 bridgehead atoms. The van der Waals surface area contributed by atoms with Crippen molar-refractivity contribution in [2.45, 2.75) is 109 Å². The Bertz CT molecular complexity index is 1440. The Morgan fingerprint density at radius 3 is 1.53 bits per heavy atom. The third-order valence-corrected chi connectivity index (χ3v) is 9.74. The van der Waals surface area contributed by atoms with E-state index in [2.05, 4.69) is 139 Å². The minimum atomic E-state index is -0.147. The van der Waals surface area contributed by atoms with E-state index in [0.29, 0.717) is 0 Å². The lowest BCUT2D eigenvalue weighted by molar-refractivity contribution is 0.0985. The van der Waals surface area contributed by atoms with E-state index in [4.69, 9.17) is 9.47 Å². The predicted octanol–water partition coefficient (Wildman–Crippen LogP) is 12.0. The number of hydrogen-bond donors (Lipinski definition) is 0. The van der Waals surface area contributed by atoms with Gasteiger partial charge in [0.25, 0.3) is 0 Å². The molecule has 4 aromatic carbocycles. The van der Waals surface area contributed by atoms with E-state index in [1.807, 2.05) is 0 Å². The Kier molecular flexibility index (Phi) is 9.35. The van der Waals surface area contributed by atoms with Crippen LogP contribution in [0.25, 0.3) is 11.1 Å². The van der Waals surface area contributed by atoms with Gasteiger partial charge < -0.3 is 9.47 Å². The third kappa shape index (κ3) is 7.18. The van der Waals surface area contributed by atoms with Crippen molar-refractivity contribution < 1.29 is 9.47 Å². The van der Waals surface area contributed by atoms with Crippen molar-refractivity contribution in [2.75, 3.05) is 0 Å². The summed E-state index contributed by atoms with van der Waals surface area (Å²) < 4.78 is 12.6. The van der Waals surface area contributed by atoms with Crippen LogP contribution < -0.4 is 9.47 Å². The van der Waals surface area contributed by atoms with Gasteiger partial charge in [-0.3, -0.25) is 0 Å².